The Balaban J connectivity index is 0.828. The van der Waals surface area contributed by atoms with Crippen LogP contribution in [-0.4, -0.2) is 115 Å². The Labute approximate surface area is 423 Å². The summed E-state index contributed by atoms with van der Waals surface area (Å²) in [4.78, 5) is 40.7. The summed E-state index contributed by atoms with van der Waals surface area (Å²) in [6, 6.07) is 22.4. The number of nitro benzene ring substituents is 1. The minimum atomic E-state index is -4.58. The molecule has 17 heteroatoms. The standard InChI is InChI=1S/C55H70N8O8S/c1-37(2)45-6-4-5-7-46(45)50-36-60(35-39-15-26-70-27-16-39)24-25-62(50)42-31-55(32-42)19-22-61(23-20-55)41-8-10-47(51(29-41)71-43-28-40-14-21-56-52(40)58-34-43)53(64)59-72(68,69)44-9-11-48(49(30-44)63(66)67)57-33-38-12-17-54(3,65)18-13-38/h4-11,14,21,28-30,34,37-39,42,50,57,65H,12-13,15-20,22-27,31-33,35-36H2,1-3H3,(H,56,58)(H,59,64). The zero-order chi connectivity index (χ0) is 50.2. The van der Waals surface area contributed by atoms with Gasteiger partial charge in [-0.2, -0.15) is 0 Å². The number of hydrogen-bond acceptors (Lipinski definition) is 13. The number of hydrogen-bond donors (Lipinski definition) is 4. The van der Waals surface area contributed by atoms with Crippen LogP contribution in [0.25, 0.3) is 11.0 Å². The predicted molar refractivity (Wildman–Crippen MR) is 278 cm³/mol. The lowest BCUT2D eigenvalue weighted by Crippen LogP contribution is -2.60. The van der Waals surface area contributed by atoms with Gasteiger partial charge < -0.3 is 29.8 Å². The third kappa shape index (κ3) is 11.0. The Kier molecular flexibility index (Phi) is 14.4. The van der Waals surface area contributed by atoms with Gasteiger partial charge in [0.25, 0.3) is 21.6 Å². The van der Waals surface area contributed by atoms with E-state index in [0.717, 1.165) is 108 Å². The van der Waals surface area contributed by atoms with Crippen molar-refractivity contribution < 1.29 is 32.7 Å². The van der Waals surface area contributed by atoms with Crippen LogP contribution >= 0.6 is 0 Å². The van der Waals surface area contributed by atoms with Crippen molar-refractivity contribution in [3.63, 3.8) is 0 Å². The van der Waals surface area contributed by atoms with Crippen molar-refractivity contribution in [3.05, 3.63) is 112 Å². The van der Waals surface area contributed by atoms with E-state index in [1.54, 1.807) is 30.6 Å². The first-order valence-corrected chi connectivity index (χ1v) is 27.6. The van der Waals surface area contributed by atoms with Crippen molar-refractivity contribution >= 4 is 44.0 Å². The smallest absolute Gasteiger partial charge is 0.293 e. The summed E-state index contributed by atoms with van der Waals surface area (Å²) < 4.78 is 41.9. The Morgan fingerprint density at radius 2 is 1.72 bits per heavy atom. The third-order valence-corrected chi connectivity index (χ3v) is 17.9. The number of H-pyrrole nitrogens is 1. The summed E-state index contributed by atoms with van der Waals surface area (Å²) in [6.07, 6.45) is 12.8. The van der Waals surface area contributed by atoms with Crippen LogP contribution < -0.4 is 19.7 Å². The molecule has 1 atom stereocenters. The highest BCUT2D eigenvalue weighted by molar-refractivity contribution is 7.90. The number of nitrogens with one attached hydrogen (secondary N) is 3. The second-order valence-electron chi connectivity index (χ2n) is 22.0. The third-order valence-electron chi connectivity index (χ3n) is 16.6. The van der Waals surface area contributed by atoms with Gasteiger partial charge >= 0.3 is 0 Å². The van der Waals surface area contributed by atoms with Gasteiger partial charge in [0, 0.05) is 101 Å². The van der Waals surface area contributed by atoms with Crippen molar-refractivity contribution in [2.45, 2.75) is 113 Å². The molecule has 2 aliphatic carbocycles. The largest absolute Gasteiger partial charge is 0.455 e. The molecule has 5 heterocycles. The molecular weight excluding hydrogens is 933 g/mol. The first-order chi connectivity index (χ1) is 34.6. The molecule has 2 saturated carbocycles. The molecule has 0 bridgehead atoms. The Bertz CT molecular complexity index is 2860. The van der Waals surface area contributed by atoms with Gasteiger partial charge in [0.15, 0.2) is 0 Å². The van der Waals surface area contributed by atoms with Crippen molar-refractivity contribution in [2.75, 3.05) is 69.2 Å². The van der Waals surface area contributed by atoms with E-state index >= 15 is 0 Å². The number of carbonyl (C=O) groups excluding carboxylic acids is 1. The molecule has 1 unspecified atom stereocenters. The quantitative estimate of drug-likeness (QED) is 0.0573. The molecule has 3 aromatic carbocycles. The van der Waals surface area contributed by atoms with E-state index < -0.39 is 37.0 Å². The van der Waals surface area contributed by atoms with Crippen LogP contribution in [0.15, 0.2) is 90.1 Å². The molecule has 72 heavy (non-hydrogen) atoms. The summed E-state index contributed by atoms with van der Waals surface area (Å²) in [5.74, 6) is 0.926. The van der Waals surface area contributed by atoms with Crippen LogP contribution in [0.2, 0.25) is 0 Å². The first kappa shape index (κ1) is 50.0. The summed E-state index contributed by atoms with van der Waals surface area (Å²) in [7, 11) is -4.58. The number of ether oxygens (including phenoxy) is 2. The maximum atomic E-state index is 14.1. The topological polar surface area (TPSA) is 195 Å². The number of piperidine rings is 1. The molecule has 5 aromatic rings. The van der Waals surface area contributed by atoms with Gasteiger partial charge in [-0.3, -0.25) is 24.7 Å². The minimum absolute atomic E-state index is 0.0208. The summed E-state index contributed by atoms with van der Waals surface area (Å²) in [5.41, 5.74) is 3.73. The number of piperazine rings is 1. The average Bonchev–Trinajstić information content (AvgIpc) is 3.84. The van der Waals surface area contributed by atoms with Gasteiger partial charge in [-0.25, -0.2) is 18.1 Å². The molecule has 2 aromatic heterocycles. The molecule has 4 N–H and O–H groups in total. The lowest BCUT2D eigenvalue weighted by atomic mass is 9.59. The molecular formula is C55H70N8O8S. The summed E-state index contributed by atoms with van der Waals surface area (Å²) in [6.45, 7) is 14.6. The molecule has 1 amide bonds. The highest BCUT2D eigenvalue weighted by atomic mass is 32.2. The van der Waals surface area contributed by atoms with Gasteiger partial charge in [0.05, 0.1) is 27.2 Å². The molecule has 3 aliphatic heterocycles. The monoisotopic (exact) mass is 1000 g/mol. The number of anilines is 2. The van der Waals surface area contributed by atoms with Crippen LogP contribution in [0.3, 0.4) is 0 Å². The molecule has 3 saturated heterocycles. The number of aromatic amines is 1. The van der Waals surface area contributed by atoms with Crippen LogP contribution in [0.1, 0.15) is 118 Å². The molecule has 10 rings (SSSR count). The fourth-order valence-electron chi connectivity index (χ4n) is 12.2. The lowest BCUT2D eigenvalue weighted by molar-refractivity contribution is -0.384. The fraction of sp³-hybridized carbons (Fsp3) is 0.527. The summed E-state index contributed by atoms with van der Waals surface area (Å²) >= 11 is 0. The fourth-order valence-corrected chi connectivity index (χ4v) is 13.2. The Morgan fingerprint density at radius 3 is 2.47 bits per heavy atom. The predicted octanol–water partition coefficient (Wildman–Crippen LogP) is 9.39. The normalized spacial score (nSPS) is 23.5. The van der Waals surface area contributed by atoms with E-state index in [-0.39, 0.29) is 28.3 Å². The van der Waals surface area contributed by atoms with Gasteiger partial charge in [0.2, 0.25) is 0 Å². The van der Waals surface area contributed by atoms with Crippen LogP contribution in [0, 0.1) is 27.4 Å². The lowest BCUT2D eigenvalue weighted by Gasteiger charge is -2.58. The maximum absolute atomic E-state index is 14.1. The zero-order valence-corrected chi connectivity index (χ0v) is 42.7. The molecule has 5 fully saturated rings. The van der Waals surface area contributed by atoms with Crippen molar-refractivity contribution in [1.82, 2.24) is 24.5 Å². The number of aliphatic hydroxyl groups is 1. The van der Waals surface area contributed by atoms with E-state index in [1.807, 2.05) is 19.1 Å². The molecule has 5 aliphatic rings. The number of fused-ring (bicyclic) bond motifs is 1. The minimum Gasteiger partial charge on any atom is -0.455 e. The molecule has 16 nitrogen and oxygen atoms in total. The second kappa shape index (κ2) is 20.7. The van der Waals surface area contributed by atoms with Crippen molar-refractivity contribution in [1.29, 1.82) is 0 Å². The highest BCUT2D eigenvalue weighted by Gasteiger charge is 2.50. The van der Waals surface area contributed by atoms with E-state index in [2.05, 4.69) is 72.8 Å². The number of pyridine rings is 1. The Hall–Kier alpha value is -5.59. The van der Waals surface area contributed by atoms with E-state index in [0.29, 0.717) is 54.7 Å². The van der Waals surface area contributed by atoms with E-state index in [4.69, 9.17) is 9.47 Å². The zero-order valence-electron chi connectivity index (χ0n) is 41.9. The van der Waals surface area contributed by atoms with Gasteiger partial charge in [-0.15, -0.1) is 0 Å². The van der Waals surface area contributed by atoms with Gasteiger partial charge in [-0.05, 0) is 142 Å². The average molecular weight is 1000 g/mol. The SMILES string of the molecule is CC(C)c1ccccc1C1CN(CC2CCOCC2)CCN1C1CC2(CCN(c3ccc(C(=O)NS(=O)(=O)c4ccc(NCC5CCC(C)(O)CC5)c([N+](=O)[O-])c4)c(Oc4cnc5[nH]ccc5c4)c3)CC2)C1. The number of benzene rings is 3. The number of nitrogens with zero attached hydrogens (tertiary/aromatic N) is 5. The highest BCUT2D eigenvalue weighted by Crippen LogP contribution is 2.53. The maximum Gasteiger partial charge on any atom is 0.293 e. The number of carbonyl (C=O) groups is 1. The molecule has 1 spiro atoms. The summed E-state index contributed by atoms with van der Waals surface area (Å²) in [5, 5.41) is 26.5. The number of nitro groups is 1. The number of amides is 1. The van der Waals surface area contributed by atoms with E-state index in [9.17, 15) is 28.4 Å². The van der Waals surface area contributed by atoms with Crippen LogP contribution in [0.4, 0.5) is 17.1 Å². The second-order valence-corrected chi connectivity index (χ2v) is 23.6. The first-order valence-electron chi connectivity index (χ1n) is 26.1. The van der Waals surface area contributed by atoms with Crippen LogP contribution in [-0.2, 0) is 14.8 Å². The number of rotatable bonds is 15. The molecule has 0 radical (unpaired) electrons. The number of sulfonamides is 1. The van der Waals surface area contributed by atoms with E-state index in [1.165, 1.54) is 36.1 Å². The van der Waals surface area contributed by atoms with Crippen molar-refractivity contribution in [2.24, 2.45) is 17.3 Å². The van der Waals surface area contributed by atoms with Gasteiger partial charge in [0.1, 0.15) is 22.8 Å². The van der Waals surface area contributed by atoms with Crippen LogP contribution in [0.5, 0.6) is 11.5 Å². The number of aromatic nitrogens is 2. The Morgan fingerprint density at radius 1 is 0.958 bits per heavy atom. The van der Waals surface area contributed by atoms with Gasteiger partial charge in [-0.1, -0.05) is 38.1 Å². The van der Waals surface area contributed by atoms with Crippen molar-refractivity contribution in [3.8, 4) is 11.5 Å². The molecule has 384 valence electrons.